The Labute approximate surface area is 397 Å². The fourth-order valence-corrected chi connectivity index (χ4v) is 9.22. The minimum absolute atomic E-state index is 0.0383. The maximum atomic E-state index is 14.7. The summed E-state index contributed by atoms with van der Waals surface area (Å²) in [7, 11) is 0. The minimum Gasteiger partial charge on any atom is -0.487 e. The van der Waals surface area contributed by atoms with Gasteiger partial charge in [-0.05, 0) is 80.1 Å². The molecule has 1 saturated heterocycles. The average molecular weight is 955 g/mol. The van der Waals surface area contributed by atoms with Gasteiger partial charge in [-0.3, -0.25) is 19.7 Å². The van der Waals surface area contributed by atoms with Crippen LogP contribution in [0.5, 0.6) is 5.75 Å². The van der Waals surface area contributed by atoms with Crippen LogP contribution >= 0.6 is 22.9 Å². The highest BCUT2D eigenvalue weighted by Gasteiger charge is 2.41. The summed E-state index contributed by atoms with van der Waals surface area (Å²) in [5.41, 5.74) is 3.65. The number of pyridine rings is 1. The molecule has 67 heavy (non-hydrogen) atoms. The number of nitrogens with zero attached hydrogens (tertiary/aromatic N) is 6. The van der Waals surface area contributed by atoms with Crippen molar-refractivity contribution in [2.45, 2.75) is 82.0 Å². The number of aromatic nitrogens is 5. The summed E-state index contributed by atoms with van der Waals surface area (Å²) < 4.78 is 39.8. The second-order valence-electron chi connectivity index (χ2n) is 16.6. The van der Waals surface area contributed by atoms with E-state index in [1.54, 1.807) is 24.4 Å². The first-order chi connectivity index (χ1) is 32.7. The molecule has 1 unspecified atom stereocenters. The van der Waals surface area contributed by atoms with Crippen molar-refractivity contribution in [2.75, 3.05) is 58.0 Å². The number of carbonyl (C=O) groups is 3. The fourth-order valence-electron chi connectivity index (χ4n) is 8.52. The highest BCUT2D eigenvalue weighted by molar-refractivity contribution is 7.13. The summed E-state index contributed by atoms with van der Waals surface area (Å²) in [6, 6.07) is 15.6. The van der Waals surface area contributed by atoms with Crippen LogP contribution in [-0.4, -0.2) is 112 Å². The van der Waals surface area contributed by atoms with Crippen molar-refractivity contribution >= 4 is 51.6 Å². The zero-order valence-corrected chi connectivity index (χ0v) is 38.6. The number of imide groups is 1. The van der Waals surface area contributed by atoms with Gasteiger partial charge in [0.1, 0.15) is 11.9 Å². The molecule has 2 aromatic carbocycles. The number of rotatable bonds is 22. The molecule has 3 aromatic heterocycles. The maximum Gasteiger partial charge on any atom is 0.255 e. The monoisotopic (exact) mass is 953 g/mol. The zero-order chi connectivity index (χ0) is 46.4. The van der Waals surface area contributed by atoms with Crippen LogP contribution in [0.15, 0.2) is 72.4 Å². The summed E-state index contributed by atoms with van der Waals surface area (Å²) in [5, 5.41) is 20.8. The molecular formula is C48H53ClFN9O7S. The Kier molecular flexibility index (Phi) is 16.6. The quantitative estimate of drug-likeness (QED) is 0.0417. The molecule has 1 aliphatic carbocycles. The molecule has 0 spiro atoms. The predicted molar refractivity (Wildman–Crippen MR) is 249 cm³/mol. The number of fused-ring (bicyclic) bond motifs is 1. The van der Waals surface area contributed by atoms with Crippen LogP contribution in [0.25, 0.3) is 0 Å². The van der Waals surface area contributed by atoms with Gasteiger partial charge in [-0.25, -0.2) is 19.0 Å². The number of thiazole rings is 1. The van der Waals surface area contributed by atoms with Gasteiger partial charge >= 0.3 is 0 Å². The molecule has 1 atom stereocenters. The van der Waals surface area contributed by atoms with Gasteiger partial charge in [0.2, 0.25) is 11.8 Å². The molecule has 0 bridgehead atoms. The second-order valence-corrected chi connectivity index (χ2v) is 17.9. The van der Waals surface area contributed by atoms with E-state index in [9.17, 15) is 18.8 Å². The highest BCUT2D eigenvalue weighted by atomic mass is 35.5. The molecule has 5 heterocycles. The summed E-state index contributed by atoms with van der Waals surface area (Å²) in [4.78, 5) is 47.5. The largest absolute Gasteiger partial charge is 0.487 e. The molecule has 3 amide bonds. The standard InChI is InChI=1S/C48H53ClFN9O7S/c49-38-7-4-8-40(44(38)50)66-36-14-16-48(17-15-36,30-35-6-3-9-42(53-35)54-47-52-20-28-67-47)41-32-58(57-56-41)21-23-64-25-27-65-26-24-63-22-19-51-18-2-1-5-33-10-11-37-34(29-33)31-59(46(37)62)39-12-13-43(60)55-45(39)61/h3-4,6-11,20,28-29,32,36,39,51H,2,12-19,21-27,30-31H2,(H,52,53,54)(H,55,60,61)/t36-,39?,48-. The minimum atomic E-state index is -0.634. The molecule has 8 rings (SSSR count). The van der Waals surface area contributed by atoms with E-state index in [1.165, 1.54) is 22.3 Å². The first kappa shape index (κ1) is 47.7. The number of carbonyl (C=O) groups excluding carboxylic acids is 3. The predicted octanol–water partition coefficient (Wildman–Crippen LogP) is 6.01. The smallest absolute Gasteiger partial charge is 0.255 e. The van der Waals surface area contributed by atoms with E-state index >= 15 is 0 Å². The van der Waals surface area contributed by atoms with Crippen LogP contribution in [0.1, 0.15) is 77.8 Å². The number of halogens is 2. The maximum absolute atomic E-state index is 14.7. The number of nitrogens with one attached hydrogen (secondary N) is 3. The van der Waals surface area contributed by atoms with Crippen molar-refractivity contribution in [1.82, 2.24) is 40.5 Å². The Morgan fingerprint density at radius 2 is 1.76 bits per heavy atom. The summed E-state index contributed by atoms with van der Waals surface area (Å²) in [5.74, 6) is 5.75. The molecule has 2 aliphatic heterocycles. The topological polar surface area (TPSA) is 184 Å². The van der Waals surface area contributed by atoms with Gasteiger partial charge in [-0.2, -0.15) is 0 Å². The first-order valence-electron chi connectivity index (χ1n) is 22.6. The Morgan fingerprint density at radius 1 is 0.955 bits per heavy atom. The number of piperidine rings is 1. The number of hydrogen-bond donors (Lipinski definition) is 3. The molecular weight excluding hydrogens is 901 g/mol. The Bertz CT molecular complexity index is 2540. The third kappa shape index (κ3) is 12.8. The van der Waals surface area contributed by atoms with Crippen LogP contribution in [-0.2, 0) is 48.7 Å². The molecule has 16 nitrogen and oxygen atoms in total. The summed E-state index contributed by atoms with van der Waals surface area (Å²) in [6.45, 7) is 5.03. The SMILES string of the molecule is O=C1CCC(N2Cc3cc(C#CCCNCCOCCOCCOCCn4cc([C@]5(Cc6cccc(Nc7nccs7)n6)CC[C@@H](Oc6cccc(Cl)c6F)CC5)nn4)ccc3C2=O)C(=O)N1. The van der Waals surface area contributed by atoms with Gasteiger partial charge in [0.25, 0.3) is 5.91 Å². The van der Waals surface area contributed by atoms with Crippen molar-refractivity contribution in [1.29, 1.82) is 0 Å². The van der Waals surface area contributed by atoms with Gasteiger partial charge in [-0.1, -0.05) is 40.8 Å². The second kappa shape index (κ2) is 23.3. The molecule has 2 fully saturated rings. The summed E-state index contributed by atoms with van der Waals surface area (Å²) >= 11 is 7.53. The molecule has 5 aromatic rings. The normalized spacial score (nSPS) is 19.2. The number of ether oxygens (including phenoxy) is 4. The van der Waals surface area contributed by atoms with Gasteiger partial charge in [-0.15, -0.1) is 16.4 Å². The number of benzene rings is 2. The highest BCUT2D eigenvalue weighted by Crippen LogP contribution is 2.43. The molecule has 19 heteroatoms. The third-order valence-corrected chi connectivity index (χ3v) is 13.0. The van der Waals surface area contributed by atoms with Crippen LogP contribution in [0, 0.1) is 17.7 Å². The summed E-state index contributed by atoms with van der Waals surface area (Å²) in [6.07, 6.45) is 8.30. The fraction of sp³-hybridized carbons (Fsp3) is 0.438. The molecule has 3 aliphatic rings. The lowest BCUT2D eigenvalue weighted by atomic mass is 9.68. The number of amides is 3. The lowest BCUT2D eigenvalue weighted by Crippen LogP contribution is -2.52. The van der Waals surface area contributed by atoms with E-state index < -0.39 is 17.8 Å². The van der Waals surface area contributed by atoms with Crippen LogP contribution in [0.4, 0.5) is 15.3 Å². The van der Waals surface area contributed by atoms with Crippen molar-refractivity contribution in [3.63, 3.8) is 0 Å². The van der Waals surface area contributed by atoms with E-state index in [0.717, 1.165) is 46.3 Å². The molecule has 3 N–H and O–H groups in total. The average Bonchev–Trinajstić information content (AvgIpc) is 4.10. The number of hydrogen-bond acceptors (Lipinski definition) is 14. The molecule has 1 saturated carbocycles. The van der Waals surface area contributed by atoms with Gasteiger partial charge in [0.05, 0.1) is 63.0 Å². The van der Waals surface area contributed by atoms with Gasteiger partial charge in [0, 0.05) is 78.9 Å². The van der Waals surface area contributed by atoms with E-state index in [4.69, 9.17) is 35.5 Å². The Balaban J connectivity index is 0.699. The van der Waals surface area contributed by atoms with Crippen LogP contribution < -0.4 is 20.7 Å². The van der Waals surface area contributed by atoms with E-state index in [0.29, 0.717) is 103 Å². The van der Waals surface area contributed by atoms with Crippen molar-refractivity contribution < 1.29 is 37.7 Å². The van der Waals surface area contributed by atoms with Gasteiger partial charge < -0.3 is 34.5 Å². The first-order valence-corrected chi connectivity index (χ1v) is 23.8. The van der Waals surface area contributed by atoms with E-state index in [-0.39, 0.29) is 40.5 Å². The lowest BCUT2D eigenvalue weighted by Gasteiger charge is -2.38. The van der Waals surface area contributed by atoms with Crippen molar-refractivity contribution in [3.8, 4) is 17.6 Å². The van der Waals surface area contributed by atoms with E-state index in [2.05, 4.69) is 43.1 Å². The van der Waals surface area contributed by atoms with Crippen LogP contribution in [0.2, 0.25) is 5.02 Å². The zero-order valence-electron chi connectivity index (χ0n) is 37.0. The Hall–Kier alpha value is -5.81. The Morgan fingerprint density at radius 3 is 2.57 bits per heavy atom. The molecule has 352 valence electrons. The van der Waals surface area contributed by atoms with Gasteiger partial charge in [0.15, 0.2) is 16.7 Å². The molecule has 0 radical (unpaired) electrons. The van der Waals surface area contributed by atoms with Crippen LogP contribution in [0.3, 0.4) is 0 Å². The third-order valence-electron chi connectivity index (χ3n) is 12.0. The van der Waals surface area contributed by atoms with Crippen molar-refractivity contribution in [3.05, 3.63) is 111 Å². The lowest BCUT2D eigenvalue weighted by molar-refractivity contribution is -0.136. The number of anilines is 2. The van der Waals surface area contributed by atoms with E-state index in [1.807, 2.05) is 46.6 Å². The van der Waals surface area contributed by atoms with Crippen molar-refractivity contribution in [2.24, 2.45) is 0 Å².